The Morgan fingerprint density at radius 1 is 0.438 bits per heavy atom. The summed E-state index contributed by atoms with van der Waals surface area (Å²) in [7, 11) is 0. The fourth-order valence-electron chi connectivity index (χ4n) is 6.97. The first-order valence-electron chi connectivity index (χ1n) is 21.6. The molecule has 5 nitrogen and oxygen atoms in total. The van der Waals surface area contributed by atoms with Gasteiger partial charge < -0.3 is 25.7 Å². The summed E-state index contributed by atoms with van der Waals surface area (Å²) in [5, 5.41) is 44.6. The van der Waals surface area contributed by atoms with E-state index in [1.165, 1.54) is 180 Å². The number of rotatable bonds is 40. The molecular weight excluding hydrogens is 594 g/mol. The van der Waals surface area contributed by atoms with Crippen molar-refractivity contribution in [3.63, 3.8) is 0 Å². The van der Waals surface area contributed by atoms with E-state index in [1.807, 2.05) is 0 Å². The van der Waals surface area contributed by atoms with Crippen LogP contribution in [-0.2, 0) is 0 Å². The van der Waals surface area contributed by atoms with Gasteiger partial charge in [0.2, 0.25) is 0 Å². The van der Waals surface area contributed by atoms with Gasteiger partial charge in [-0.3, -0.25) is 0 Å². The summed E-state index contributed by atoms with van der Waals surface area (Å²) >= 11 is 0. The third-order valence-electron chi connectivity index (χ3n) is 10.5. The van der Waals surface area contributed by atoms with Gasteiger partial charge in [0, 0.05) is 5.70 Å². The zero-order valence-corrected chi connectivity index (χ0v) is 32.6. The molecule has 0 rings (SSSR count). The number of unbranched alkanes of at least 4 members (excludes halogenated alkanes) is 30. The maximum absolute atomic E-state index is 10.6. The van der Waals surface area contributed by atoms with Crippen LogP contribution in [0.5, 0.6) is 0 Å². The van der Waals surface area contributed by atoms with Crippen LogP contribution in [0.2, 0.25) is 0 Å². The van der Waals surface area contributed by atoms with Gasteiger partial charge >= 0.3 is 0 Å². The van der Waals surface area contributed by atoms with Gasteiger partial charge in [-0.2, -0.15) is 0 Å². The molecule has 0 radical (unpaired) electrons. The molecule has 0 aliphatic carbocycles. The Morgan fingerprint density at radius 2 is 0.708 bits per heavy atom. The van der Waals surface area contributed by atoms with Gasteiger partial charge in [-0.15, -0.1) is 0 Å². The van der Waals surface area contributed by atoms with Crippen molar-refractivity contribution in [1.29, 1.82) is 0 Å². The van der Waals surface area contributed by atoms with Gasteiger partial charge in [0.25, 0.3) is 0 Å². The van der Waals surface area contributed by atoms with Crippen molar-refractivity contribution in [1.82, 2.24) is 5.32 Å². The SMILES string of the molecule is C=C(NC(CO)C(O)C(O)CCCCCCCCCCCCCC)C(O)CCCCCCCCCCCCCCCCCCCCCC. The van der Waals surface area contributed by atoms with Gasteiger partial charge in [0.1, 0.15) is 6.10 Å². The summed E-state index contributed by atoms with van der Waals surface area (Å²) in [6.07, 6.45) is 40.5. The molecule has 5 N–H and O–H groups in total. The van der Waals surface area contributed by atoms with Crippen LogP contribution < -0.4 is 5.32 Å². The Balaban J connectivity index is 3.68. The number of aliphatic hydroxyl groups is 4. The molecule has 0 saturated heterocycles. The molecule has 0 aliphatic rings. The van der Waals surface area contributed by atoms with Crippen LogP contribution in [0.1, 0.15) is 232 Å². The second-order valence-electron chi connectivity index (χ2n) is 15.2. The summed E-state index contributed by atoms with van der Waals surface area (Å²) in [5.41, 5.74) is 0.420. The van der Waals surface area contributed by atoms with Crippen LogP contribution in [0, 0.1) is 0 Å². The minimum absolute atomic E-state index is 0.318. The number of hydrogen-bond acceptors (Lipinski definition) is 5. The standard InChI is InChI=1S/C43H87NO4/c1-4-6-8-10-12-14-16-18-19-20-21-22-23-24-25-27-28-30-32-34-36-41(46)39(3)44-40(38-45)43(48)42(47)37-35-33-31-29-26-17-15-13-11-9-7-5-2/h40-48H,3-38H2,1-2H3. The van der Waals surface area contributed by atoms with Crippen molar-refractivity contribution in [2.75, 3.05) is 6.61 Å². The van der Waals surface area contributed by atoms with Crippen LogP contribution in [0.4, 0.5) is 0 Å². The average molecular weight is 682 g/mol. The molecule has 0 aromatic heterocycles. The summed E-state index contributed by atoms with van der Waals surface area (Å²) in [6.45, 7) is 8.19. The Bertz CT molecular complexity index is 644. The van der Waals surface area contributed by atoms with E-state index < -0.39 is 24.4 Å². The van der Waals surface area contributed by atoms with E-state index in [0.29, 0.717) is 18.5 Å². The van der Waals surface area contributed by atoms with E-state index in [0.717, 1.165) is 25.7 Å². The van der Waals surface area contributed by atoms with Gasteiger partial charge in [-0.25, -0.2) is 0 Å². The first kappa shape index (κ1) is 47.4. The molecular formula is C43H87NO4. The third-order valence-corrected chi connectivity index (χ3v) is 10.5. The second-order valence-corrected chi connectivity index (χ2v) is 15.2. The lowest BCUT2D eigenvalue weighted by Crippen LogP contribution is -2.49. The van der Waals surface area contributed by atoms with E-state index in [4.69, 9.17) is 0 Å². The average Bonchev–Trinajstić information content (AvgIpc) is 3.09. The first-order valence-corrected chi connectivity index (χ1v) is 21.6. The van der Waals surface area contributed by atoms with Crippen molar-refractivity contribution < 1.29 is 20.4 Å². The molecule has 0 amide bonds. The smallest absolute Gasteiger partial charge is 0.102 e. The molecule has 0 aromatic rings. The zero-order valence-electron chi connectivity index (χ0n) is 32.6. The van der Waals surface area contributed by atoms with Crippen molar-refractivity contribution in [3.8, 4) is 0 Å². The highest BCUT2D eigenvalue weighted by atomic mass is 16.3. The van der Waals surface area contributed by atoms with Crippen molar-refractivity contribution in [2.24, 2.45) is 0 Å². The van der Waals surface area contributed by atoms with Gasteiger partial charge in [-0.1, -0.05) is 226 Å². The van der Waals surface area contributed by atoms with Crippen molar-refractivity contribution in [2.45, 2.75) is 257 Å². The highest BCUT2D eigenvalue weighted by molar-refractivity contribution is 5.02. The van der Waals surface area contributed by atoms with E-state index in [9.17, 15) is 20.4 Å². The van der Waals surface area contributed by atoms with E-state index in [2.05, 4.69) is 25.7 Å². The molecule has 4 unspecified atom stereocenters. The lowest BCUT2D eigenvalue weighted by molar-refractivity contribution is -0.0203. The fraction of sp³-hybridized carbons (Fsp3) is 0.953. The van der Waals surface area contributed by atoms with Gasteiger partial charge in [-0.05, 0) is 12.8 Å². The fourth-order valence-corrected chi connectivity index (χ4v) is 6.97. The highest BCUT2D eigenvalue weighted by Crippen LogP contribution is 2.18. The van der Waals surface area contributed by atoms with Crippen LogP contribution in [0.25, 0.3) is 0 Å². The largest absolute Gasteiger partial charge is 0.394 e. The Morgan fingerprint density at radius 3 is 1.00 bits per heavy atom. The molecule has 5 heteroatoms. The van der Waals surface area contributed by atoms with E-state index in [1.54, 1.807) is 0 Å². The summed E-state index contributed by atoms with van der Waals surface area (Å²) in [6, 6.07) is -0.727. The molecule has 0 heterocycles. The molecule has 0 spiro atoms. The zero-order chi connectivity index (χ0) is 35.3. The van der Waals surface area contributed by atoms with Crippen LogP contribution in [0.15, 0.2) is 12.3 Å². The topological polar surface area (TPSA) is 93.0 Å². The molecule has 4 atom stereocenters. The van der Waals surface area contributed by atoms with Crippen LogP contribution in [0.3, 0.4) is 0 Å². The number of nitrogens with one attached hydrogen (secondary N) is 1. The molecule has 0 aromatic carbocycles. The first-order chi connectivity index (χ1) is 23.5. The third kappa shape index (κ3) is 31.4. The van der Waals surface area contributed by atoms with E-state index in [-0.39, 0.29) is 6.61 Å². The van der Waals surface area contributed by atoms with Crippen molar-refractivity contribution >= 4 is 0 Å². The predicted octanol–water partition coefficient (Wildman–Crippen LogP) is 11.8. The molecule has 0 aliphatic heterocycles. The number of hydrogen-bond donors (Lipinski definition) is 5. The maximum Gasteiger partial charge on any atom is 0.102 e. The maximum atomic E-state index is 10.6. The summed E-state index contributed by atoms with van der Waals surface area (Å²) in [5.74, 6) is 0. The molecule has 48 heavy (non-hydrogen) atoms. The summed E-state index contributed by atoms with van der Waals surface area (Å²) in [4.78, 5) is 0. The van der Waals surface area contributed by atoms with Gasteiger partial charge in [0.15, 0.2) is 0 Å². The van der Waals surface area contributed by atoms with Crippen LogP contribution >= 0.6 is 0 Å². The lowest BCUT2D eigenvalue weighted by atomic mass is 9.98. The molecule has 0 saturated carbocycles. The predicted molar refractivity (Wildman–Crippen MR) is 209 cm³/mol. The summed E-state index contributed by atoms with van der Waals surface area (Å²) < 4.78 is 0. The lowest BCUT2D eigenvalue weighted by Gasteiger charge is -2.29. The van der Waals surface area contributed by atoms with Crippen LogP contribution in [-0.4, -0.2) is 51.4 Å². The normalized spacial score (nSPS) is 14.2. The monoisotopic (exact) mass is 682 g/mol. The minimum atomic E-state index is -1.09. The molecule has 0 fully saturated rings. The van der Waals surface area contributed by atoms with Crippen molar-refractivity contribution in [3.05, 3.63) is 12.3 Å². The van der Waals surface area contributed by atoms with Gasteiger partial charge in [0.05, 0.1) is 24.9 Å². The second kappa shape index (κ2) is 37.6. The Hall–Kier alpha value is -0.620. The highest BCUT2D eigenvalue weighted by Gasteiger charge is 2.27. The quantitative estimate of drug-likeness (QED) is 0.0415. The Labute approximate surface area is 300 Å². The Kier molecular flexibility index (Phi) is 37.1. The molecule has 288 valence electrons. The minimum Gasteiger partial charge on any atom is -0.394 e. The number of aliphatic hydroxyl groups excluding tert-OH is 4. The van der Waals surface area contributed by atoms with E-state index >= 15 is 0 Å². The molecule has 0 bridgehead atoms.